The lowest BCUT2D eigenvalue weighted by Gasteiger charge is -2.13. The van der Waals surface area contributed by atoms with Crippen LogP contribution in [0.25, 0.3) is 0 Å². The zero-order valence-electron chi connectivity index (χ0n) is 15.1. The number of rotatable bonds is 5. The second kappa shape index (κ2) is 6.96. The Morgan fingerprint density at radius 1 is 1.28 bits per heavy atom. The van der Waals surface area contributed by atoms with Crippen LogP contribution in [0.1, 0.15) is 42.5 Å². The molecular formula is C18H23N3O4. The maximum atomic E-state index is 12.5. The number of hydrogen-bond acceptors (Lipinski definition) is 4. The number of aryl methyl sites for hydroxylation is 2. The van der Waals surface area contributed by atoms with E-state index < -0.39 is 12.6 Å². The summed E-state index contributed by atoms with van der Waals surface area (Å²) in [6.45, 7) is 7.52. The molecule has 1 aromatic heterocycles. The molecule has 0 aliphatic rings. The minimum Gasteiger partial charge on any atom is -0.482 e. The molecule has 7 heteroatoms. The van der Waals surface area contributed by atoms with Gasteiger partial charge in [0.1, 0.15) is 11.4 Å². The van der Waals surface area contributed by atoms with Crippen LogP contribution in [0.2, 0.25) is 0 Å². The number of amides is 1. The number of anilines is 1. The molecule has 2 rings (SSSR count). The van der Waals surface area contributed by atoms with Gasteiger partial charge in [0.2, 0.25) is 0 Å². The van der Waals surface area contributed by atoms with Gasteiger partial charge in [-0.1, -0.05) is 20.8 Å². The molecule has 0 bridgehead atoms. The van der Waals surface area contributed by atoms with Crippen LogP contribution in [0.3, 0.4) is 0 Å². The van der Waals surface area contributed by atoms with Crippen LogP contribution in [0.5, 0.6) is 5.75 Å². The molecule has 1 aromatic carbocycles. The number of carbonyl (C=O) groups is 2. The molecule has 0 radical (unpaired) electrons. The van der Waals surface area contributed by atoms with Crippen molar-refractivity contribution in [3.63, 3.8) is 0 Å². The Morgan fingerprint density at radius 3 is 2.48 bits per heavy atom. The van der Waals surface area contributed by atoms with Gasteiger partial charge >= 0.3 is 5.97 Å². The van der Waals surface area contributed by atoms with Crippen molar-refractivity contribution in [1.82, 2.24) is 9.78 Å². The van der Waals surface area contributed by atoms with E-state index in [1.54, 1.807) is 36.0 Å². The molecule has 0 unspecified atom stereocenters. The van der Waals surface area contributed by atoms with E-state index >= 15 is 0 Å². The second-order valence-corrected chi connectivity index (χ2v) is 6.90. The Balaban J connectivity index is 2.15. The van der Waals surface area contributed by atoms with Crippen LogP contribution in [0.15, 0.2) is 24.3 Å². The van der Waals surface area contributed by atoms with E-state index in [9.17, 15) is 9.59 Å². The normalized spacial score (nSPS) is 11.2. The number of aromatic nitrogens is 2. The zero-order valence-corrected chi connectivity index (χ0v) is 15.1. The summed E-state index contributed by atoms with van der Waals surface area (Å²) in [7, 11) is 1.74. The van der Waals surface area contributed by atoms with Gasteiger partial charge in [0.15, 0.2) is 6.61 Å². The number of carbonyl (C=O) groups excluding carboxylic acids is 1. The first-order valence-corrected chi connectivity index (χ1v) is 7.89. The van der Waals surface area contributed by atoms with Crippen LogP contribution in [0, 0.1) is 6.92 Å². The Labute approximate surface area is 146 Å². The fraction of sp³-hybridized carbons (Fsp3) is 0.389. The summed E-state index contributed by atoms with van der Waals surface area (Å²) < 4.78 is 6.69. The summed E-state index contributed by atoms with van der Waals surface area (Å²) in [6, 6.07) is 6.78. The molecule has 134 valence electrons. The molecule has 0 saturated heterocycles. The van der Waals surface area contributed by atoms with Crippen molar-refractivity contribution < 1.29 is 19.4 Å². The topological polar surface area (TPSA) is 93.4 Å². The van der Waals surface area contributed by atoms with E-state index in [0.29, 0.717) is 17.1 Å². The fourth-order valence-electron chi connectivity index (χ4n) is 2.24. The van der Waals surface area contributed by atoms with Gasteiger partial charge in [-0.15, -0.1) is 0 Å². The molecule has 25 heavy (non-hydrogen) atoms. The van der Waals surface area contributed by atoms with Crippen LogP contribution in [-0.4, -0.2) is 33.4 Å². The molecule has 1 amide bonds. The van der Waals surface area contributed by atoms with Crippen molar-refractivity contribution in [2.75, 3.05) is 11.9 Å². The van der Waals surface area contributed by atoms with Gasteiger partial charge in [0.25, 0.3) is 5.91 Å². The third kappa shape index (κ3) is 4.59. The number of nitrogens with zero attached hydrogens (tertiary/aromatic N) is 2. The third-order valence-corrected chi connectivity index (χ3v) is 3.69. The van der Waals surface area contributed by atoms with Crippen molar-refractivity contribution in [1.29, 1.82) is 0 Å². The summed E-state index contributed by atoms with van der Waals surface area (Å²) in [5, 5.41) is 15.9. The summed E-state index contributed by atoms with van der Waals surface area (Å²) in [5.41, 5.74) is 2.57. The first kappa shape index (κ1) is 18.5. The predicted molar refractivity (Wildman–Crippen MR) is 94.2 cm³/mol. The summed E-state index contributed by atoms with van der Waals surface area (Å²) in [6.07, 6.45) is 0. The highest BCUT2D eigenvalue weighted by Gasteiger charge is 2.22. The molecule has 0 atom stereocenters. The van der Waals surface area contributed by atoms with Crippen molar-refractivity contribution in [2.24, 2.45) is 7.05 Å². The molecule has 0 fully saturated rings. The molecule has 0 spiro atoms. The molecular weight excluding hydrogens is 322 g/mol. The van der Waals surface area contributed by atoms with Gasteiger partial charge in [0, 0.05) is 18.2 Å². The SMILES string of the molecule is Cc1cc(OCC(=O)O)ccc1NC(=O)c1cc(C(C)(C)C)nn1C. The first-order valence-electron chi connectivity index (χ1n) is 7.89. The van der Waals surface area contributed by atoms with E-state index in [1.807, 2.05) is 27.7 Å². The van der Waals surface area contributed by atoms with Gasteiger partial charge in [-0.2, -0.15) is 5.10 Å². The average molecular weight is 345 g/mol. The standard InChI is InChI=1S/C18H23N3O4/c1-11-8-12(25-10-16(22)23)6-7-13(11)19-17(24)14-9-15(18(2,3)4)20-21(14)5/h6-9H,10H2,1-5H3,(H,19,24)(H,22,23). The van der Waals surface area contributed by atoms with E-state index in [4.69, 9.17) is 9.84 Å². The van der Waals surface area contributed by atoms with Crippen LogP contribution < -0.4 is 10.1 Å². The number of aliphatic carboxylic acids is 1. The Hall–Kier alpha value is -2.83. The van der Waals surface area contributed by atoms with Gasteiger partial charge in [-0.05, 0) is 36.8 Å². The van der Waals surface area contributed by atoms with Gasteiger partial charge in [0.05, 0.1) is 5.69 Å². The maximum Gasteiger partial charge on any atom is 0.341 e. The van der Waals surface area contributed by atoms with Crippen molar-refractivity contribution in [3.8, 4) is 5.75 Å². The summed E-state index contributed by atoms with van der Waals surface area (Å²) in [5.74, 6) is -0.859. The lowest BCUT2D eigenvalue weighted by molar-refractivity contribution is -0.139. The van der Waals surface area contributed by atoms with Crippen molar-refractivity contribution >= 4 is 17.6 Å². The fourth-order valence-corrected chi connectivity index (χ4v) is 2.24. The largest absolute Gasteiger partial charge is 0.482 e. The highest BCUT2D eigenvalue weighted by atomic mass is 16.5. The minimum absolute atomic E-state index is 0.144. The molecule has 1 heterocycles. The van der Waals surface area contributed by atoms with Gasteiger partial charge < -0.3 is 15.2 Å². The van der Waals surface area contributed by atoms with Crippen LogP contribution >= 0.6 is 0 Å². The molecule has 7 nitrogen and oxygen atoms in total. The number of nitrogens with one attached hydrogen (secondary N) is 1. The molecule has 2 N–H and O–H groups in total. The van der Waals surface area contributed by atoms with E-state index in [0.717, 1.165) is 11.3 Å². The first-order chi connectivity index (χ1) is 11.6. The molecule has 2 aromatic rings. The number of carboxylic acids is 1. The molecule has 0 saturated carbocycles. The van der Waals surface area contributed by atoms with Crippen LogP contribution in [0.4, 0.5) is 5.69 Å². The Bertz CT molecular complexity index is 803. The van der Waals surface area contributed by atoms with E-state index in [-0.39, 0.29) is 11.3 Å². The Kier molecular flexibility index (Phi) is 5.15. The van der Waals surface area contributed by atoms with Crippen molar-refractivity contribution in [2.45, 2.75) is 33.1 Å². The third-order valence-electron chi connectivity index (χ3n) is 3.69. The maximum absolute atomic E-state index is 12.5. The van der Waals surface area contributed by atoms with Crippen molar-refractivity contribution in [3.05, 3.63) is 41.2 Å². The zero-order chi connectivity index (χ0) is 18.8. The van der Waals surface area contributed by atoms with E-state index in [2.05, 4.69) is 10.4 Å². The summed E-state index contributed by atoms with van der Waals surface area (Å²) in [4.78, 5) is 23.1. The number of carboxylic acid groups (broad SMARTS) is 1. The monoisotopic (exact) mass is 345 g/mol. The summed E-state index contributed by atoms with van der Waals surface area (Å²) >= 11 is 0. The second-order valence-electron chi connectivity index (χ2n) is 6.90. The Morgan fingerprint density at radius 2 is 1.96 bits per heavy atom. The quantitative estimate of drug-likeness (QED) is 0.869. The van der Waals surface area contributed by atoms with Gasteiger partial charge in [-0.3, -0.25) is 9.48 Å². The molecule has 0 aliphatic carbocycles. The number of ether oxygens (including phenoxy) is 1. The lowest BCUT2D eigenvalue weighted by atomic mass is 9.92. The predicted octanol–water partition coefficient (Wildman–Crippen LogP) is 2.74. The lowest BCUT2D eigenvalue weighted by Crippen LogP contribution is -2.16. The van der Waals surface area contributed by atoms with Crippen LogP contribution in [-0.2, 0) is 17.3 Å². The highest BCUT2D eigenvalue weighted by Crippen LogP contribution is 2.24. The van der Waals surface area contributed by atoms with Gasteiger partial charge in [-0.25, -0.2) is 4.79 Å². The minimum atomic E-state index is -1.04. The molecule has 0 aliphatic heterocycles. The number of hydrogen-bond donors (Lipinski definition) is 2. The van der Waals surface area contributed by atoms with E-state index in [1.165, 1.54) is 0 Å². The average Bonchev–Trinajstić information content (AvgIpc) is 2.89. The highest BCUT2D eigenvalue weighted by molar-refractivity contribution is 6.03. The smallest absolute Gasteiger partial charge is 0.341 e. The number of benzene rings is 1.